The second-order valence-electron chi connectivity index (χ2n) is 5.35. The largest absolute Gasteiger partial charge is 0.493 e. The van der Waals surface area contributed by atoms with Gasteiger partial charge in [-0.1, -0.05) is 12.1 Å². The average molecular weight is 379 g/mol. The molecule has 140 valence electrons. The molecule has 0 saturated heterocycles. The van der Waals surface area contributed by atoms with Crippen molar-refractivity contribution in [2.45, 2.75) is 11.5 Å². The third kappa shape index (κ3) is 5.29. The first kappa shape index (κ1) is 19.9. The SMILES string of the molecule is COCCNS(=O)(=O)c1ccc(COc2ccc(C=O)cc2OC)cc1. The first-order valence-corrected chi connectivity index (χ1v) is 9.32. The molecule has 7 nitrogen and oxygen atoms in total. The third-order valence-corrected chi connectivity index (χ3v) is 5.03. The highest BCUT2D eigenvalue weighted by Gasteiger charge is 2.13. The Kier molecular flexibility index (Phi) is 7.14. The van der Waals surface area contributed by atoms with Gasteiger partial charge in [-0.05, 0) is 35.9 Å². The monoisotopic (exact) mass is 379 g/mol. The molecule has 0 aliphatic heterocycles. The predicted octanol–water partition coefficient (Wildman–Crippen LogP) is 2.01. The molecule has 2 aromatic rings. The van der Waals surface area contributed by atoms with Crippen molar-refractivity contribution in [1.29, 1.82) is 0 Å². The smallest absolute Gasteiger partial charge is 0.240 e. The van der Waals surface area contributed by atoms with Crippen LogP contribution in [-0.4, -0.2) is 42.1 Å². The Morgan fingerprint density at radius 1 is 1.04 bits per heavy atom. The number of methoxy groups -OCH3 is 2. The average Bonchev–Trinajstić information content (AvgIpc) is 2.66. The van der Waals surface area contributed by atoms with E-state index in [2.05, 4.69) is 4.72 Å². The summed E-state index contributed by atoms with van der Waals surface area (Å²) >= 11 is 0. The van der Waals surface area contributed by atoms with Gasteiger partial charge in [-0.2, -0.15) is 0 Å². The van der Waals surface area contributed by atoms with Crippen LogP contribution in [0.15, 0.2) is 47.4 Å². The first-order chi connectivity index (χ1) is 12.5. The van der Waals surface area contributed by atoms with E-state index in [-0.39, 0.29) is 18.0 Å². The maximum absolute atomic E-state index is 12.1. The molecule has 0 bridgehead atoms. The molecule has 0 aromatic heterocycles. The van der Waals surface area contributed by atoms with E-state index in [0.29, 0.717) is 23.7 Å². The maximum Gasteiger partial charge on any atom is 0.240 e. The van der Waals surface area contributed by atoms with Crippen LogP contribution in [0.2, 0.25) is 0 Å². The highest BCUT2D eigenvalue weighted by atomic mass is 32.2. The van der Waals surface area contributed by atoms with Gasteiger partial charge in [-0.15, -0.1) is 0 Å². The first-order valence-electron chi connectivity index (χ1n) is 7.83. The summed E-state index contributed by atoms with van der Waals surface area (Å²) in [6.07, 6.45) is 0.728. The summed E-state index contributed by atoms with van der Waals surface area (Å²) in [6.45, 7) is 0.740. The van der Waals surface area contributed by atoms with E-state index in [0.717, 1.165) is 11.8 Å². The third-order valence-electron chi connectivity index (χ3n) is 3.55. The molecule has 2 rings (SSSR count). The van der Waals surface area contributed by atoms with Crippen molar-refractivity contribution in [2.75, 3.05) is 27.4 Å². The molecule has 0 amide bonds. The summed E-state index contributed by atoms with van der Waals surface area (Å²) in [7, 11) is -0.561. The second kappa shape index (κ2) is 9.33. The van der Waals surface area contributed by atoms with Crippen LogP contribution in [0.5, 0.6) is 11.5 Å². The Morgan fingerprint density at radius 2 is 1.77 bits per heavy atom. The van der Waals surface area contributed by atoms with Crippen LogP contribution < -0.4 is 14.2 Å². The molecular weight excluding hydrogens is 358 g/mol. The molecule has 8 heteroatoms. The van der Waals surface area contributed by atoms with Gasteiger partial charge >= 0.3 is 0 Å². The fourth-order valence-corrected chi connectivity index (χ4v) is 3.18. The zero-order valence-electron chi connectivity index (χ0n) is 14.6. The fraction of sp³-hybridized carbons (Fsp3) is 0.278. The molecule has 26 heavy (non-hydrogen) atoms. The van der Waals surface area contributed by atoms with Crippen LogP contribution in [0, 0.1) is 0 Å². The van der Waals surface area contributed by atoms with Gasteiger partial charge in [0.2, 0.25) is 10.0 Å². The van der Waals surface area contributed by atoms with E-state index >= 15 is 0 Å². The zero-order chi connectivity index (χ0) is 19.0. The number of hydrogen-bond donors (Lipinski definition) is 1. The number of carbonyl (C=O) groups is 1. The number of carbonyl (C=O) groups excluding carboxylic acids is 1. The number of sulfonamides is 1. The van der Waals surface area contributed by atoms with Crippen LogP contribution in [0.3, 0.4) is 0 Å². The van der Waals surface area contributed by atoms with Crippen molar-refractivity contribution >= 4 is 16.3 Å². The maximum atomic E-state index is 12.1. The molecule has 0 aliphatic carbocycles. The lowest BCUT2D eigenvalue weighted by molar-refractivity contribution is 0.112. The van der Waals surface area contributed by atoms with Crippen molar-refractivity contribution < 1.29 is 27.4 Å². The number of nitrogens with one attached hydrogen (secondary N) is 1. The Balaban J connectivity index is 2.02. The van der Waals surface area contributed by atoms with Gasteiger partial charge in [0, 0.05) is 19.2 Å². The van der Waals surface area contributed by atoms with E-state index in [1.54, 1.807) is 30.3 Å². The quantitative estimate of drug-likeness (QED) is 0.502. The standard InChI is InChI=1S/C18H21NO6S/c1-23-10-9-19-26(21,22)16-6-3-14(4-7-16)13-25-17-8-5-15(12-20)11-18(17)24-2/h3-8,11-12,19H,9-10,13H2,1-2H3. The van der Waals surface area contributed by atoms with E-state index < -0.39 is 10.0 Å². The number of rotatable bonds is 10. The molecule has 0 spiro atoms. The van der Waals surface area contributed by atoms with Gasteiger partial charge in [0.1, 0.15) is 12.9 Å². The van der Waals surface area contributed by atoms with E-state index in [9.17, 15) is 13.2 Å². The minimum atomic E-state index is -3.56. The second-order valence-corrected chi connectivity index (χ2v) is 7.12. The Hall–Kier alpha value is -2.42. The Bertz CT molecular complexity index is 833. The molecule has 0 unspecified atom stereocenters. The lowest BCUT2D eigenvalue weighted by Gasteiger charge is -2.11. The zero-order valence-corrected chi connectivity index (χ0v) is 15.4. The lowest BCUT2D eigenvalue weighted by Crippen LogP contribution is -2.27. The summed E-state index contributed by atoms with van der Waals surface area (Å²) in [5, 5.41) is 0. The van der Waals surface area contributed by atoms with Crippen LogP contribution >= 0.6 is 0 Å². The number of benzene rings is 2. The highest BCUT2D eigenvalue weighted by molar-refractivity contribution is 7.89. The van der Waals surface area contributed by atoms with E-state index in [1.165, 1.54) is 26.4 Å². The number of aldehydes is 1. The van der Waals surface area contributed by atoms with Gasteiger partial charge < -0.3 is 14.2 Å². The van der Waals surface area contributed by atoms with Gasteiger partial charge in [-0.25, -0.2) is 13.1 Å². The lowest BCUT2D eigenvalue weighted by atomic mass is 10.2. The molecule has 0 atom stereocenters. The van der Waals surface area contributed by atoms with E-state index in [4.69, 9.17) is 14.2 Å². The van der Waals surface area contributed by atoms with Gasteiger partial charge in [-0.3, -0.25) is 4.79 Å². The van der Waals surface area contributed by atoms with E-state index in [1.807, 2.05) is 0 Å². The normalized spacial score (nSPS) is 11.2. The summed E-state index contributed by atoms with van der Waals surface area (Å²) in [5.41, 5.74) is 1.28. The van der Waals surface area contributed by atoms with Crippen molar-refractivity contribution in [3.05, 3.63) is 53.6 Å². The summed E-state index contributed by atoms with van der Waals surface area (Å²) in [5.74, 6) is 0.951. The molecular formula is C18H21NO6S. The number of hydrogen-bond acceptors (Lipinski definition) is 6. The molecule has 1 N–H and O–H groups in total. The topological polar surface area (TPSA) is 90.9 Å². The van der Waals surface area contributed by atoms with Crippen LogP contribution in [-0.2, 0) is 21.4 Å². The molecule has 0 heterocycles. The predicted molar refractivity (Wildman–Crippen MR) is 96.2 cm³/mol. The molecule has 0 aliphatic rings. The summed E-state index contributed by atoms with van der Waals surface area (Å²) < 4.78 is 42.4. The van der Waals surface area contributed by atoms with Gasteiger partial charge in [0.05, 0.1) is 18.6 Å². The van der Waals surface area contributed by atoms with Crippen molar-refractivity contribution in [3.63, 3.8) is 0 Å². The summed E-state index contributed by atoms with van der Waals surface area (Å²) in [4.78, 5) is 11.0. The van der Waals surface area contributed by atoms with Crippen molar-refractivity contribution in [3.8, 4) is 11.5 Å². The molecule has 0 radical (unpaired) electrons. The van der Waals surface area contributed by atoms with Gasteiger partial charge in [0.25, 0.3) is 0 Å². The molecule has 0 fully saturated rings. The van der Waals surface area contributed by atoms with Crippen LogP contribution in [0.1, 0.15) is 15.9 Å². The molecule has 2 aromatic carbocycles. The minimum absolute atomic E-state index is 0.172. The number of ether oxygens (including phenoxy) is 3. The Morgan fingerprint density at radius 3 is 2.38 bits per heavy atom. The van der Waals surface area contributed by atoms with Crippen molar-refractivity contribution in [2.24, 2.45) is 0 Å². The van der Waals surface area contributed by atoms with Crippen LogP contribution in [0.4, 0.5) is 0 Å². The summed E-state index contributed by atoms with van der Waals surface area (Å²) in [6, 6.07) is 11.3. The Labute approximate surface area is 152 Å². The minimum Gasteiger partial charge on any atom is -0.493 e. The van der Waals surface area contributed by atoms with Crippen LogP contribution in [0.25, 0.3) is 0 Å². The fourth-order valence-electron chi connectivity index (χ4n) is 2.16. The molecule has 0 saturated carbocycles. The van der Waals surface area contributed by atoms with Crippen molar-refractivity contribution in [1.82, 2.24) is 4.72 Å². The highest BCUT2D eigenvalue weighted by Crippen LogP contribution is 2.28. The van der Waals surface area contributed by atoms with Gasteiger partial charge in [0.15, 0.2) is 11.5 Å².